The average molecular weight is 851 g/mol. The van der Waals surface area contributed by atoms with E-state index in [1.807, 2.05) is 13.8 Å². The third-order valence-corrected chi connectivity index (χ3v) is 10.2. The molecule has 0 spiro atoms. The van der Waals surface area contributed by atoms with Crippen LogP contribution in [0.25, 0.3) is 0 Å². The predicted octanol–water partition coefficient (Wildman–Crippen LogP) is 6.38. The third-order valence-electron chi connectivity index (χ3n) is 10.2. The molecule has 0 aliphatic rings. The van der Waals surface area contributed by atoms with Crippen LogP contribution < -0.4 is 32.2 Å². The van der Waals surface area contributed by atoms with Crippen molar-refractivity contribution < 1.29 is 44.1 Å². The summed E-state index contributed by atoms with van der Waals surface area (Å²) in [5.41, 5.74) is 6.70. The number of hydrogen-bond acceptors (Lipinski definition) is 9. The Bertz CT molecular complexity index is 1160. The molecule has 346 valence electrons. The fraction of sp³-hybridized carbons (Fsp3) is 0.818. The van der Waals surface area contributed by atoms with Gasteiger partial charge in [0.2, 0.25) is 17.7 Å². The first-order valence-electron chi connectivity index (χ1n) is 23.0. The zero-order chi connectivity index (χ0) is 45.2. The molecule has 0 heterocycles. The van der Waals surface area contributed by atoms with E-state index < -0.39 is 36.0 Å². The summed E-state index contributed by atoms with van der Waals surface area (Å²) in [6.45, 7) is 9.36. The topological polar surface area (TPSA) is 249 Å². The minimum absolute atomic E-state index is 0.0596. The molecule has 0 saturated carbocycles. The van der Waals surface area contributed by atoms with Crippen LogP contribution >= 0.6 is 0 Å². The number of carbonyl (C=O) groups excluding carboxylic acids is 3. The summed E-state index contributed by atoms with van der Waals surface area (Å²) in [5.74, 6) is -3.24. The van der Waals surface area contributed by atoms with E-state index in [0.717, 1.165) is 51.4 Å². The Labute approximate surface area is 362 Å². The second kappa shape index (κ2) is 42.1. The summed E-state index contributed by atoms with van der Waals surface area (Å²) in [5, 5.41) is 41.0. The lowest BCUT2D eigenvalue weighted by atomic mass is 10.0. The molecule has 3 atom stereocenters. The predicted molar refractivity (Wildman–Crippen MR) is 239 cm³/mol. The lowest BCUT2D eigenvalue weighted by Gasteiger charge is -2.17. The van der Waals surface area contributed by atoms with Gasteiger partial charge in [0, 0.05) is 44.6 Å². The molecule has 15 nitrogen and oxygen atoms in total. The van der Waals surface area contributed by atoms with Crippen molar-refractivity contribution in [1.82, 2.24) is 26.5 Å². The molecule has 60 heavy (non-hydrogen) atoms. The molecule has 0 saturated heterocycles. The average Bonchev–Trinajstić information content (AvgIpc) is 3.21. The number of unbranched alkanes of at least 4 members (excludes halogenated alkanes) is 17. The Hall–Kier alpha value is -3.66. The quantitative estimate of drug-likeness (QED) is 0.0240. The minimum Gasteiger partial charge on any atom is -0.481 e. The molecular weight excluding hydrogens is 767 g/mol. The van der Waals surface area contributed by atoms with E-state index in [-0.39, 0.29) is 37.0 Å². The van der Waals surface area contributed by atoms with Crippen molar-refractivity contribution in [3.8, 4) is 0 Å². The molecule has 0 aromatic carbocycles. The number of nitrogens with two attached hydrogens (primary N) is 1. The van der Waals surface area contributed by atoms with Gasteiger partial charge >= 0.3 is 17.9 Å². The van der Waals surface area contributed by atoms with Crippen LogP contribution in [0.4, 0.5) is 0 Å². The van der Waals surface area contributed by atoms with Crippen molar-refractivity contribution >= 4 is 43.6 Å². The van der Waals surface area contributed by atoms with Crippen LogP contribution in [0.2, 0.25) is 0 Å². The van der Waals surface area contributed by atoms with Crippen molar-refractivity contribution in [1.29, 1.82) is 0 Å². The number of aliphatic carboxylic acids is 3. The number of allylic oxidation sites excluding steroid dienone is 1. The number of amides is 3. The number of hydrogen-bond donors (Lipinski definition) is 9. The van der Waals surface area contributed by atoms with Crippen molar-refractivity contribution in [3.63, 3.8) is 0 Å². The molecule has 0 rings (SSSR count). The monoisotopic (exact) mass is 851 g/mol. The van der Waals surface area contributed by atoms with E-state index in [1.165, 1.54) is 51.4 Å². The van der Waals surface area contributed by atoms with Crippen LogP contribution in [-0.4, -0.2) is 96.7 Å². The lowest BCUT2D eigenvalue weighted by molar-refractivity contribution is -0.140. The van der Waals surface area contributed by atoms with Crippen LogP contribution in [0.1, 0.15) is 194 Å². The second-order valence-electron chi connectivity index (χ2n) is 15.5. The molecule has 16 heteroatoms. The highest BCUT2D eigenvalue weighted by atomic mass is 16.4. The Morgan fingerprint density at radius 2 is 0.900 bits per heavy atom. The smallest absolute Gasteiger partial charge is 0.326 e. The first kappa shape index (κ1) is 58.4. The molecule has 0 bridgehead atoms. The fourth-order valence-electron chi connectivity index (χ4n) is 6.52. The SMILES string of the molecule is CC.[B]NC(CCCCNC(=O)CCCCCNC(=O)C(N)CCCCNC(=O)CC[C@H](NC(=C)CCCCCCCCCCCCCCCCC(=O)O)C(=O)O)C(=O)O. The van der Waals surface area contributed by atoms with Gasteiger partial charge in [-0.3, -0.25) is 24.0 Å². The van der Waals surface area contributed by atoms with E-state index in [1.54, 1.807) is 0 Å². The van der Waals surface area contributed by atoms with E-state index >= 15 is 0 Å². The van der Waals surface area contributed by atoms with Gasteiger partial charge in [0.1, 0.15) is 6.04 Å². The third kappa shape index (κ3) is 38.5. The maximum atomic E-state index is 12.4. The van der Waals surface area contributed by atoms with Gasteiger partial charge in [-0.2, -0.15) is 0 Å². The molecular formula is C44H83BN6O9. The summed E-state index contributed by atoms with van der Waals surface area (Å²) in [6.07, 6.45) is 23.2. The maximum absolute atomic E-state index is 12.4. The Balaban J connectivity index is 0. The number of carboxylic acids is 3. The van der Waals surface area contributed by atoms with Crippen molar-refractivity contribution in [2.24, 2.45) is 5.73 Å². The molecule has 2 unspecified atom stereocenters. The first-order valence-corrected chi connectivity index (χ1v) is 23.0. The summed E-state index contributed by atoms with van der Waals surface area (Å²) in [7, 11) is 5.20. The number of rotatable bonds is 42. The van der Waals surface area contributed by atoms with Crippen LogP contribution in [0.15, 0.2) is 12.3 Å². The van der Waals surface area contributed by atoms with Crippen LogP contribution in [0.5, 0.6) is 0 Å². The van der Waals surface area contributed by atoms with E-state index in [0.29, 0.717) is 83.1 Å². The summed E-state index contributed by atoms with van der Waals surface area (Å²) in [4.78, 5) is 69.9. The van der Waals surface area contributed by atoms with Gasteiger partial charge in [-0.1, -0.05) is 104 Å². The highest BCUT2D eigenvalue weighted by Gasteiger charge is 2.19. The van der Waals surface area contributed by atoms with Gasteiger partial charge in [0.25, 0.3) is 0 Å². The Morgan fingerprint density at radius 3 is 1.38 bits per heavy atom. The highest BCUT2D eigenvalue weighted by molar-refractivity contribution is 6.06. The van der Waals surface area contributed by atoms with Gasteiger partial charge in [-0.25, -0.2) is 4.79 Å². The van der Waals surface area contributed by atoms with Gasteiger partial charge in [0.05, 0.1) is 12.1 Å². The fourth-order valence-corrected chi connectivity index (χ4v) is 6.52. The normalized spacial score (nSPS) is 12.2. The molecule has 0 aliphatic carbocycles. The van der Waals surface area contributed by atoms with Crippen LogP contribution in [-0.2, 0) is 28.8 Å². The van der Waals surface area contributed by atoms with Crippen molar-refractivity contribution in [3.05, 3.63) is 12.3 Å². The zero-order valence-corrected chi connectivity index (χ0v) is 37.3. The number of carbonyl (C=O) groups is 6. The second-order valence-corrected chi connectivity index (χ2v) is 15.5. The molecule has 0 aromatic rings. The van der Waals surface area contributed by atoms with Gasteiger partial charge in [-0.05, 0) is 77.0 Å². The van der Waals surface area contributed by atoms with E-state index in [2.05, 4.69) is 33.1 Å². The van der Waals surface area contributed by atoms with E-state index in [4.69, 9.17) is 23.9 Å². The number of carboxylic acid groups (broad SMARTS) is 3. The van der Waals surface area contributed by atoms with Gasteiger partial charge < -0.3 is 47.5 Å². The Kier molecular flexibility index (Phi) is 41.0. The molecule has 3 amide bonds. The molecule has 0 aliphatic heterocycles. The van der Waals surface area contributed by atoms with Crippen molar-refractivity contribution in [2.75, 3.05) is 19.6 Å². The summed E-state index contributed by atoms with van der Waals surface area (Å²) in [6, 6.07) is -2.33. The van der Waals surface area contributed by atoms with Crippen LogP contribution in [0.3, 0.4) is 0 Å². The standard InChI is InChI=1S/C42H77BN6O9.C2H6/c1-33(23-15-12-10-8-6-4-2-3-5-7-9-11-13-17-27-39(52)53)48-35(41(55)56)28-29-38(51)46-30-21-18-24-34(44)40(54)47-32-20-14-16-26-37(50)45-31-22-19-25-36(49-43)42(57)58;1-2/h34-36,48-49H,1-32,44H2,(H,45,50)(H,46,51)(H,47,54)(H,52,53)(H,55,56)(H,57,58);1-2H3/t34?,35-,36?;/m0./s1. The lowest BCUT2D eigenvalue weighted by Crippen LogP contribution is -2.41. The largest absolute Gasteiger partial charge is 0.481 e. The molecule has 10 N–H and O–H groups in total. The van der Waals surface area contributed by atoms with Gasteiger partial charge in [0.15, 0.2) is 7.98 Å². The molecule has 0 aromatic heterocycles. The zero-order valence-electron chi connectivity index (χ0n) is 37.3. The maximum Gasteiger partial charge on any atom is 0.326 e. The van der Waals surface area contributed by atoms with Gasteiger partial charge in [-0.15, -0.1) is 0 Å². The van der Waals surface area contributed by atoms with E-state index in [9.17, 15) is 33.9 Å². The van der Waals surface area contributed by atoms with Crippen LogP contribution in [0, 0.1) is 0 Å². The minimum atomic E-state index is -1.01. The number of nitrogens with one attached hydrogen (secondary N) is 5. The molecule has 2 radical (unpaired) electrons. The summed E-state index contributed by atoms with van der Waals surface area (Å²) < 4.78 is 0. The first-order chi connectivity index (χ1) is 28.9. The van der Waals surface area contributed by atoms with Crippen molar-refractivity contribution in [2.45, 2.75) is 212 Å². The highest BCUT2D eigenvalue weighted by Crippen LogP contribution is 2.15. The molecule has 0 fully saturated rings. The Morgan fingerprint density at radius 1 is 0.500 bits per heavy atom. The summed E-state index contributed by atoms with van der Waals surface area (Å²) >= 11 is 0.